The fourth-order valence-electron chi connectivity index (χ4n) is 1.27. The van der Waals surface area contributed by atoms with E-state index in [1.54, 1.807) is 6.92 Å². The number of hydrogen-bond donors (Lipinski definition) is 0. The molecule has 0 N–H and O–H groups in total. The second-order valence-electron chi connectivity index (χ2n) is 3.07. The first-order valence-corrected chi connectivity index (χ1v) is 6.61. The zero-order chi connectivity index (χ0) is 13.0. The van der Waals surface area contributed by atoms with Gasteiger partial charge in [-0.25, -0.2) is 13.8 Å². The molecule has 0 spiro atoms. The van der Waals surface area contributed by atoms with Gasteiger partial charge >= 0.3 is 5.97 Å². The van der Waals surface area contributed by atoms with Crippen molar-refractivity contribution in [3.05, 3.63) is 25.5 Å². The molecule has 3 nitrogen and oxygen atoms in total. The highest BCUT2D eigenvalue weighted by atomic mass is 127. The third-order valence-corrected chi connectivity index (χ3v) is 3.53. The molecule has 0 aliphatic heterocycles. The summed E-state index contributed by atoms with van der Waals surface area (Å²) in [6.45, 7) is 1.89. The Hall–Kier alpha value is -0.310. The van der Waals surface area contributed by atoms with Gasteiger partial charge in [-0.15, -0.1) is 0 Å². The molecule has 1 aromatic rings. The quantitative estimate of drug-likeness (QED) is 0.426. The van der Waals surface area contributed by atoms with Crippen LogP contribution < -0.4 is 0 Å². The molecular formula is C10H9BrF2INO2. The minimum absolute atomic E-state index is 0.0622. The molecule has 0 fully saturated rings. The molecule has 1 aromatic heterocycles. The van der Waals surface area contributed by atoms with E-state index >= 15 is 0 Å². The molecule has 17 heavy (non-hydrogen) atoms. The topological polar surface area (TPSA) is 39.2 Å². The van der Waals surface area contributed by atoms with E-state index in [4.69, 9.17) is 4.74 Å². The summed E-state index contributed by atoms with van der Waals surface area (Å²) >= 11 is 4.84. The van der Waals surface area contributed by atoms with Crippen molar-refractivity contribution in [2.24, 2.45) is 0 Å². The summed E-state index contributed by atoms with van der Waals surface area (Å²) in [7, 11) is 0. The number of ether oxygens (including phenoxy) is 1. The normalized spacial score (nSPS) is 10.7. The molecule has 1 heterocycles. The van der Waals surface area contributed by atoms with Crippen LogP contribution in [-0.2, 0) is 16.0 Å². The molecule has 7 heteroatoms. The van der Waals surface area contributed by atoms with E-state index in [9.17, 15) is 13.6 Å². The van der Waals surface area contributed by atoms with Gasteiger partial charge in [-0.2, -0.15) is 0 Å². The average molecular weight is 420 g/mol. The number of carbonyl (C=O) groups excluding carboxylic acids is 1. The second kappa shape index (κ2) is 6.58. The maximum absolute atomic E-state index is 12.9. The molecule has 0 atom stereocenters. The van der Waals surface area contributed by atoms with E-state index in [1.807, 2.05) is 22.6 Å². The van der Waals surface area contributed by atoms with Gasteiger partial charge in [-0.1, -0.05) is 0 Å². The summed E-state index contributed by atoms with van der Waals surface area (Å²) in [5.41, 5.74) is 0.0193. The minimum atomic E-state index is -2.68. The van der Waals surface area contributed by atoms with Crippen LogP contribution in [0.4, 0.5) is 8.78 Å². The van der Waals surface area contributed by atoms with Gasteiger partial charge in [0.1, 0.15) is 4.60 Å². The molecule has 0 saturated carbocycles. The molecule has 0 aliphatic carbocycles. The van der Waals surface area contributed by atoms with Gasteiger partial charge in [0, 0.05) is 9.77 Å². The lowest BCUT2D eigenvalue weighted by Gasteiger charge is -2.11. The predicted molar refractivity (Wildman–Crippen MR) is 69.9 cm³/mol. The van der Waals surface area contributed by atoms with E-state index < -0.39 is 12.4 Å². The molecule has 0 aromatic carbocycles. The SMILES string of the molecule is CCOC(=O)Cc1c(I)cnc(Br)c1C(F)F. The van der Waals surface area contributed by atoms with E-state index in [-0.39, 0.29) is 28.8 Å². The highest BCUT2D eigenvalue weighted by Crippen LogP contribution is 2.32. The summed E-state index contributed by atoms with van der Waals surface area (Å²) in [5, 5.41) is 0. The zero-order valence-corrected chi connectivity index (χ0v) is 12.6. The van der Waals surface area contributed by atoms with Crippen LogP contribution in [0.15, 0.2) is 10.8 Å². The summed E-state index contributed by atoms with van der Waals surface area (Å²) in [6, 6.07) is 0. The largest absolute Gasteiger partial charge is 0.466 e. The number of pyridine rings is 1. The van der Waals surface area contributed by atoms with Crippen molar-refractivity contribution in [3.8, 4) is 0 Å². The molecule has 0 amide bonds. The smallest absolute Gasteiger partial charge is 0.310 e. The minimum Gasteiger partial charge on any atom is -0.466 e. The molecule has 0 aliphatic rings. The molecule has 0 saturated heterocycles. The van der Waals surface area contributed by atoms with Gasteiger partial charge in [0.25, 0.3) is 6.43 Å². The number of esters is 1. The van der Waals surface area contributed by atoms with E-state index in [2.05, 4.69) is 20.9 Å². The fraction of sp³-hybridized carbons (Fsp3) is 0.400. The number of halogens is 4. The Kier molecular flexibility index (Phi) is 5.71. The number of nitrogens with zero attached hydrogens (tertiary/aromatic N) is 1. The molecule has 0 unspecified atom stereocenters. The fourth-order valence-corrected chi connectivity index (χ4v) is 2.41. The lowest BCUT2D eigenvalue weighted by molar-refractivity contribution is -0.142. The third-order valence-electron chi connectivity index (χ3n) is 1.97. The van der Waals surface area contributed by atoms with Crippen LogP contribution in [0.3, 0.4) is 0 Å². The lowest BCUT2D eigenvalue weighted by atomic mass is 10.1. The third kappa shape index (κ3) is 3.84. The van der Waals surface area contributed by atoms with Crippen LogP contribution in [0.1, 0.15) is 24.5 Å². The van der Waals surface area contributed by atoms with Crippen LogP contribution in [0.5, 0.6) is 0 Å². The van der Waals surface area contributed by atoms with Gasteiger partial charge < -0.3 is 4.74 Å². The zero-order valence-electron chi connectivity index (χ0n) is 8.84. The van der Waals surface area contributed by atoms with Gasteiger partial charge in [0.2, 0.25) is 0 Å². The van der Waals surface area contributed by atoms with Crippen molar-refractivity contribution in [2.75, 3.05) is 6.61 Å². The number of alkyl halides is 2. The van der Waals surface area contributed by atoms with Crippen molar-refractivity contribution in [1.82, 2.24) is 4.98 Å². The molecule has 0 bridgehead atoms. The van der Waals surface area contributed by atoms with Gasteiger partial charge in [-0.3, -0.25) is 4.79 Å². The summed E-state index contributed by atoms with van der Waals surface area (Å²) in [6.07, 6.45) is -1.42. The van der Waals surface area contributed by atoms with Crippen molar-refractivity contribution in [1.29, 1.82) is 0 Å². The van der Waals surface area contributed by atoms with E-state index in [0.717, 1.165) is 0 Å². The monoisotopic (exact) mass is 419 g/mol. The first-order valence-electron chi connectivity index (χ1n) is 4.73. The van der Waals surface area contributed by atoms with Crippen LogP contribution in [0, 0.1) is 3.57 Å². The van der Waals surface area contributed by atoms with E-state index in [0.29, 0.717) is 3.57 Å². The van der Waals surface area contributed by atoms with Crippen molar-refractivity contribution in [3.63, 3.8) is 0 Å². The Bertz CT molecular complexity index is 429. The molecule has 1 rings (SSSR count). The van der Waals surface area contributed by atoms with Crippen molar-refractivity contribution >= 4 is 44.5 Å². The summed E-state index contributed by atoms with van der Waals surface area (Å²) < 4.78 is 31.1. The second-order valence-corrected chi connectivity index (χ2v) is 4.98. The van der Waals surface area contributed by atoms with Gasteiger partial charge in [-0.05, 0) is 51.0 Å². The molecular weight excluding hydrogens is 411 g/mol. The summed E-state index contributed by atoms with van der Waals surface area (Å²) in [5.74, 6) is -0.523. The number of carbonyl (C=O) groups is 1. The van der Waals surface area contributed by atoms with Crippen molar-refractivity contribution in [2.45, 2.75) is 19.8 Å². The van der Waals surface area contributed by atoms with Gasteiger partial charge in [0.05, 0.1) is 18.6 Å². The first kappa shape index (κ1) is 14.7. The Labute approximate surface area is 119 Å². The standard InChI is InChI=1S/C10H9BrF2INO2/c1-2-17-7(16)3-5-6(14)4-15-9(11)8(5)10(12)13/h4,10H,2-3H2,1H3. The number of hydrogen-bond acceptors (Lipinski definition) is 3. The average Bonchev–Trinajstić information content (AvgIpc) is 2.23. The maximum atomic E-state index is 12.9. The molecule has 0 radical (unpaired) electrons. The highest BCUT2D eigenvalue weighted by Gasteiger charge is 2.22. The van der Waals surface area contributed by atoms with Crippen LogP contribution in [-0.4, -0.2) is 17.6 Å². The Balaban J connectivity index is 3.12. The Morgan fingerprint density at radius 1 is 1.65 bits per heavy atom. The lowest BCUT2D eigenvalue weighted by Crippen LogP contribution is -2.12. The van der Waals surface area contributed by atoms with Gasteiger partial charge in [0.15, 0.2) is 0 Å². The van der Waals surface area contributed by atoms with Crippen LogP contribution in [0.25, 0.3) is 0 Å². The first-order chi connectivity index (χ1) is 7.97. The van der Waals surface area contributed by atoms with Crippen LogP contribution in [0.2, 0.25) is 0 Å². The Morgan fingerprint density at radius 3 is 2.82 bits per heavy atom. The number of aromatic nitrogens is 1. The summed E-state index contributed by atoms with van der Waals surface area (Å²) in [4.78, 5) is 15.1. The highest BCUT2D eigenvalue weighted by molar-refractivity contribution is 14.1. The van der Waals surface area contributed by atoms with Crippen molar-refractivity contribution < 1.29 is 18.3 Å². The maximum Gasteiger partial charge on any atom is 0.310 e. The predicted octanol–water partition coefficient (Wildman–Crippen LogP) is 3.49. The molecule has 94 valence electrons. The Morgan fingerprint density at radius 2 is 2.29 bits per heavy atom. The van der Waals surface area contributed by atoms with E-state index in [1.165, 1.54) is 6.20 Å². The van der Waals surface area contributed by atoms with Crippen LogP contribution >= 0.6 is 38.5 Å². The number of rotatable bonds is 4.